The number of nitrogens with one attached hydrogen (secondary N) is 1. The van der Waals surface area contributed by atoms with Crippen molar-refractivity contribution in [1.82, 2.24) is 9.78 Å². The second kappa shape index (κ2) is 8.76. The second-order valence-electron chi connectivity index (χ2n) is 5.17. The van der Waals surface area contributed by atoms with Crippen molar-refractivity contribution < 1.29 is 9.47 Å². The van der Waals surface area contributed by atoms with Gasteiger partial charge in [0.2, 0.25) is 0 Å². The molecule has 0 saturated heterocycles. The number of rotatable bonds is 5. The van der Waals surface area contributed by atoms with E-state index >= 15 is 0 Å². The number of halogens is 1. The fraction of sp³-hybridized carbons (Fsp3) is 0.375. The van der Waals surface area contributed by atoms with Crippen LogP contribution in [-0.4, -0.2) is 30.0 Å². The summed E-state index contributed by atoms with van der Waals surface area (Å²) >= 11 is 0. The van der Waals surface area contributed by atoms with E-state index in [4.69, 9.17) is 15.2 Å². The van der Waals surface area contributed by atoms with E-state index in [9.17, 15) is 0 Å². The molecule has 0 fully saturated rings. The maximum Gasteiger partial charge on any atom is 0.193 e. The summed E-state index contributed by atoms with van der Waals surface area (Å²) in [7, 11) is 5.10. The van der Waals surface area contributed by atoms with Crippen LogP contribution in [0.15, 0.2) is 23.2 Å². The number of aromatic nitrogens is 2. The number of hydrogen-bond donors (Lipinski definition) is 2. The van der Waals surface area contributed by atoms with Crippen molar-refractivity contribution in [2.75, 3.05) is 19.5 Å². The minimum atomic E-state index is 0. The average Bonchev–Trinajstić information content (AvgIpc) is 2.78. The van der Waals surface area contributed by atoms with Crippen molar-refractivity contribution in [2.24, 2.45) is 17.8 Å². The second-order valence-corrected chi connectivity index (χ2v) is 5.17. The number of methoxy groups -OCH3 is 2. The third-order valence-corrected chi connectivity index (χ3v) is 3.72. The molecule has 0 unspecified atom stereocenters. The summed E-state index contributed by atoms with van der Waals surface area (Å²) in [6.07, 6.45) is 0. The molecule has 1 aromatic heterocycles. The molecule has 0 radical (unpaired) electrons. The van der Waals surface area contributed by atoms with Crippen LogP contribution in [-0.2, 0) is 13.6 Å². The van der Waals surface area contributed by atoms with Gasteiger partial charge in [0.25, 0.3) is 0 Å². The van der Waals surface area contributed by atoms with Crippen LogP contribution in [0.1, 0.15) is 17.0 Å². The fourth-order valence-electron chi connectivity index (χ4n) is 2.31. The first-order valence-corrected chi connectivity index (χ1v) is 7.24. The highest BCUT2D eigenvalue weighted by Gasteiger charge is 2.09. The molecule has 1 aromatic carbocycles. The molecule has 0 aliphatic carbocycles. The summed E-state index contributed by atoms with van der Waals surface area (Å²) in [5.74, 6) is 1.62. The van der Waals surface area contributed by atoms with E-state index < -0.39 is 0 Å². The van der Waals surface area contributed by atoms with Gasteiger partial charge in [0.15, 0.2) is 17.5 Å². The van der Waals surface area contributed by atoms with E-state index in [1.807, 2.05) is 43.8 Å². The summed E-state index contributed by atoms with van der Waals surface area (Å²) in [6, 6.07) is 5.47. The number of nitrogens with two attached hydrogens (primary N) is 1. The number of guanidine groups is 1. The van der Waals surface area contributed by atoms with Gasteiger partial charge in [-0.05, 0) is 26.0 Å². The van der Waals surface area contributed by atoms with Crippen LogP contribution < -0.4 is 20.5 Å². The van der Waals surface area contributed by atoms with E-state index in [0.717, 1.165) is 22.6 Å². The van der Waals surface area contributed by atoms with Gasteiger partial charge >= 0.3 is 0 Å². The van der Waals surface area contributed by atoms with Crippen LogP contribution in [0.2, 0.25) is 0 Å². The molecule has 8 heteroatoms. The van der Waals surface area contributed by atoms with Gasteiger partial charge in [0.05, 0.1) is 26.5 Å². The molecular formula is C16H24IN5O2. The molecule has 3 N–H and O–H groups in total. The van der Waals surface area contributed by atoms with Gasteiger partial charge in [-0.1, -0.05) is 0 Å². The van der Waals surface area contributed by atoms with Gasteiger partial charge in [-0.2, -0.15) is 5.10 Å². The Hall–Kier alpha value is -1.97. The lowest BCUT2D eigenvalue weighted by atomic mass is 10.2. The minimum Gasteiger partial charge on any atom is -0.493 e. The van der Waals surface area contributed by atoms with Crippen LogP contribution in [0.4, 0.5) is 5.69 Å². The normalized spacial score (nSPS) is 11.0. The lowest BCUT2D eigenvalue weighted by Crippen LogP contribution is -2.22. The van der Waals surface area contributed by atoms with Gasteiger partial charge < -0.3 is 20.5 Å². The molecule has 1 heterocycles. The SMILES string of the molecule is COc1ccc(NC(N)=NCc2c(C)nn(C)c2C)cc1OC.I. The third-order valence-electron chi connectivity index (χ3n) is 3.72. The minimum absolute atomic E-state index is 0. The Morgan fingerprint density at radius 1 is 1.25 bits per heavy atom. The van der Waals surface area contributed by atoms with Crippen molar-refractivity contribution >= 4 is 35.6 Å². The van der Waals surface area contributed by atoms with Crippen LogP contribution >= 0.6 is 24.0 Å². The monoisotopic (exact) mass is 445 g/mol. The Morgan fingerprint density at radius 3 is 2.46 bits per heavy atom. The lowest BCUT2D eigenvalue weighted by Gasteiger charge is -2.11. The Kier molecular flexibility index (Phi) is 7.33. The molecule has 0 amide bonds. The Balaban J connectivity index is 0.00000288. The largest absolute Gasteiger partial charge is 0.493 e. The molecule has 0 aliphatic rings. The smallest absolute Gasteiger partial charge is 0.193 e. The van der Waals surface area contributed by atoms with E-state index in [0.29, 0.717) is 24.0 Å². The first-order chi connectivity index (χ1) is 11.0. The number of benzene rings is 1. The lowest BCUT2D eigenvalue weighted by molar-refractivity contribution is 0.355. The zero-order valence-electron chi connectivity index (χ0n) is 14.6. The first-order valence-electron chi connectivity index (χ1n) is 7.24. The summed E-state index contributed by atoms with van der Waals surface area (Å²) in [5.41, 5.74) is 9.88. The molecule has 0 saturated carbocycles. The number of ether oxygens (including phenoxy) is 2. The summed E-state index contributed by atoms with van der Waals surface area (Å²) in [6.45, 7) is 4.47. The Morgan fingerprint density at radius 2 is 1.92 bits per heavy atom. The molecule has 0 atom stereocenters. The van der Waals surface area contributed by atoms with Crippen LogP contribution in [0, 0.1) is 13.8 Å². The number of nitrogens with zero attached hydrogens (tertiary/aromatic N) is 3. The average molecular weight is 445 g/mol. The summed E-state index contributed by atoms with van der Waals surface area (Å²) in [5, 5.41) is 7.42. The van der Waals surface area contributed by atoms with E-state index in [1.165, 1.54) is 0 Å². The fourth-order valence-corrected chi connectivity index (χ4v) is 2.31. The van der Waals surface area contributed by atoms with Crippen molar-refractivity contribution in [2.45, 2.75) is 20.4 Å². The molecule has 2 rings (SSSR count). The molecule has 0 spiro atoms. The standard InChI is InChI=1S/C16H23N5O2.HI/c1-10-13(11(2)21(3)20-10)9-18-16(17)19-12-6-7-14(22-4)15(8-12)23-5;/h6-8H,9H2,1-5H3,(H3,17,18,19);1H. The molecule has 132 valence electrons. The van der Waals surface area contributed by atoms with Crippen molar-refractivity contribution in [3.8, 4) is 11.5 Å². The van der Waals surface area contributed by atoms with Crippen molar-refractivity contribution in [1.29, 1.82) is 0 Å². The van der Waals surface area contributed by atoms with Crippen LogP contribution in [0.3, 0.4) is 0 Å². The highest BCUT2D eigenvalue weighted by Crippen LogP contribution is 2.29. The third kappa shape index (κ3) is 4.53. The molecule has 2 aromatic rings. The zero-order chi connectivity index (χ0) is 17.0. The maximum atomic E-state index is 5.96. The van der Waals surface area contributed by atoms with Gasteiger partial charge in [-0.25, -0.2) is 4.99 Å². The van der Waals surface area contributed by atoms with Crippen molar-refractivity contribution in [3.63, 3.8) is 0 Å². The predicted octanol–water partition coefficient (Wildman–Crippen LogP) is 2.60. The first kappa shape index (κ1) is 20.1. The summed E-state index contributed by atoms with van der Waals surface area (Å²) in [4.78, 5) is 4.38. The van der Waals surface area contributed by atoms with Crippen molar-refractivity contribution in [3.05, 3.63) is 35.2 Å². The number of aryl methyl sites for hydroxylation is 2. The molecule has 24 heavy (non-hydrogen) atoms. The summed E-state index contributed by atoms with van der Waals surface area (Å²) < 4.78 is 12.3. The topological polar surface area (TPSA) is 86.7 Å². The van der Waals surface area contributed by atoms with E-state index in [-0.39, 0.29) is 24.0 Å². The number of aliphatic imine (C=N–C) groups is 1. The molecule has 0 aliphatic heterocycles. The van der Waals surface area contributed by atoms with Gasteiger partial charge in [-0.15, -0.1) is 24.0 Å². The van der Waals surface area contributed by atoms with Gasteiger partial charge in [0, 0.05) is 30.1 Å². The van der Waals surface area contributed by atoms with Crippen LogP contribution in [0.5, 0.6) is 11.5 Å². The predicted molar refractivity (Wildman–Crippen MR) is 107 cm³/mol. The Labute approximate surface area is 159 Å². The highest BCUT2D eigenvalue weighted by molar-refractivity contribution is 14.0. The Bertz CT molecular complexity index is 727. The zero-order valence-corrected chi connectivity index (χ0v) is 16.9. The number of hydrogen-bond acceptors (Lipinski definition) is 4. The molecule has 7 nitrogen and oxygen atoms in total. The quantitative estimate of drug-likeness (QED) is 0.420. The molecule has 0 bridgehead atoms. The highest BCUT2D eigenvalue weighted by atomic mass is 127. The molecular weight excluding hydrogens is 421 g/mol. The van der Waals surface area contributed by atoms with Gasteiger partial charge in [-0.3, -0.25) is 4.68 Å². The maximum absolute atomic E-state index is 5.96. The van der Waals surface area contributed by atoms with Crippen LogP contribution in [0.25, 0.3) is 0 Å². The van der Waals surface area contributed by atoms with Gasteiger partial charge in [0.1, 0.15) is 0 Å². The van der Waals surface area contributed by atoms with E-state index in [1.54, 1.807) is 14.2 Å². The van der Waals surface area contributed by atoms with E-state index in [2.05, 4.69) is 15.4 Å². The number of anilines is 1.